The second-order valence-corrected chi connectivity index (χ2v) is 5.57. The van der Waals surface area contributed by atoms with E-state index in [1.54, 1.807) is 0 Å². The lowest BCUT2D eigenvalue weighted by Crippen LogP contribution is -2.42. The standard InChI is InChI=1S/C12H9ClN2O5S/c13-10-5-4-9(7-11(10)14(16)17)8-15(18)6-2-1-3-12(15)21(19)20/h1-7H,8H2. The van der Waals surface area contributed by atoms with Gasteiger partial charge in [-0.15, -0.1) is 0 Å². The van der Waals surface area contributed by atoms with Gasteiger partial charge in [-0.05, 0) is 18.2 Å². The Morgan fingerprint density at radius 1 is 1.29 bits per heavy atom. The number of quaternary nitrogens is 1. The second kappa shape index (κ2) is 5.78. The zero-order chi connectivity index (χ0) is 15.6. The number of rotatable bonds is 3. The number of hydrogen-bond acceptors (Lipinski definition) is 5. The minimum Gasteiger partial charge on any atom is -0.621 e. The number of allylic oxidation sites excluding steroid dienone is 2. The average Bonchev–Trinajstić information content (AvgIpc) is 2.40. The zero-order valence-electron chi connectivity index (χ0n) is 10.5. The Kier molecular flexibility index (Phi) is 4.24. The first-order chi connectivity index (χ1) is 9.83. The van der Waals surface area contributed by atoms with Crippen LogP contribution in [0.2, 0.25) is 5.02 Å². The van der Waals surface area contributed by atoms with E-state index < -0.39 is 19.9 Å². The molecule has 0 aliphatic carbocycles. The summed E-state index contributed by atoms with van der Waals surface area (Å²) < 4.78 is 21.0. The van der Waals surface area contributed by atoms with Crippen molar-refractivity contribution in [2.75, 3.05) is 0 Å². The third-order valence-electron chi connectivity index (χ3n) is 2.85. The number of benzene rings is 1. The van der Waals surface area contributed by atoms with Gasteiger partial charge >= 0.3 is 0 Å². The third-order valence-corrected chi connectivity index (χ3v) is 3.95. The first-order valence-corrected chi connectivity index (χ1v) is 7.13. The molecule has 0 N–H and O–H groups in total. The molecule has 21 heavy (non-hydrogen) atoms. The molecule has 1 atom stereocenters. The van der Waals surface area contributed by atoms with E-state index in [1.165, 1.54) is 30.4 Å². The second-order valence-electron chi connectivity index (χ2n) is 4.27. The van der Waals surface area contributed by atoms with Crippen LogP contribution in [-0.4, -0.2) is 23.0 Å². The number of hydroxylamine groups is 3. The summed E-state index contributed by atoms with van der Waals surface area (Å²) in [5, 5.41) is 23.4. The molecule has 9 heteroatoms. The van der Waals surface area contributed by atoms with E-state index in [1.807, 2.05) is 0 Å². The molecule has 0 fully saturated rings. The zero-order valence-corrected chi connectivity index (χ0v) is 12.0. The van der Waals surface area contributed by atoms with Gasteiger partial charge in [0.15, 0.2) is 0 Å². The Balaban J connectivity index is 2.44. The molecule has 2 rings (SSSR count). The molecule has 1 aliphatic heterocycles. The molecule has 1 aromatic carbocycles. The van der Waals surface area contributed by atoms with E-state index >= 15 is 0 Å². The molecule has 1 aliphatic rings. The lowest BCUT2D eigenvalue weighted by atomic mass is 10.1. The monoisotopic (exact) mass is 328 g/mol. The summed E-state index contributed by atoms with van der Waals surface area (Å²) in [5.41, 5.74) is -0.0221. The molecule has 0 radical (unpaired) electrons. The largest absolute Gasteiger partial charge is 0.621 e. The fourth-order valence-electron chi connectivity index (χ4n) is 1.91. The molecule has 0 amide bonds. The Bertz CT molecular complexity index is 792. The minimum absolute atomic E-state index is 0.0492. The Morgan fingerprint density at radius 2 is 2.00 bits per heavy atom. The van der Waals surface area contributed by atoms with Crippen LogP contribution in [0.1, 0.15) is 5.56 Å². The molecule has 0 aromatic heterocycles. The van der Waals surface area contributed by atoms with Crippen molar-refractivity contribution in [2.45, 2.75) is 6.54 Å². The summed E-state index contributed by atoms with van der Waals surface area (Å²) in [6.45, 7) is -0.290. The van der Waals surface area contributed by atoms with Gasteiger partial charge in [0.1, 0.15) is 17.8 Å². The van der Waals surface area contributed by atoms with Gasteiger partial charge in [-0.25, -0.2) is 0 Å². The van der Waals surface area contributed by atoms with Gasteiger partial charge in [-0.3, -0.25) is 14.8 Å². The van der Waals surface area contributed by atoms with Crippen molar-refractivity contribution in [1.82, 2.24) is 0 Å². The van der Waals surface area contributed by atoms with Gasteiger partial charge in [-0.2, -0.15) is 8.42 Å². The normalized spacial score (nSPS) is 20.6. The van der Waals surface area contributed by atoms with Gasteiger partial charge in [0.2, 0.25) is 0 Å². The first kappa shape index (κ1) is 15.4. The van der Waals surface area contributed by atoms with Crippen LogP contribution in [-0.2, 0) is 16.8 Å². The summed E-state index contributed by atoms with van der Waals surface area (Å²) in [6, 6.07) is 3.92. The Labute approximate surface area is 126 Å². The maximum atomic E-state index is 12.6. The lowest BCUT2D eigenvalue weighted by molar-refractivity contribution is -0.744. The summed E-state index contributed by atoms with van der Waals surface area (Å²) in [7, 11) is -2.69. The molecule has 1 heterocycles. The first-order valence-electron chi connectivity index (χ1n) is 5.68. The van der Waals surface area contributed by atoms with Crippen molar-refractivity contribution in [3.05, 3.63) is 68.5 Å². The lowest BCUT2D eigenvalue weighted by Gasteiger charge is -2.37. The maximum Gasteiger partial charge on any atom is 0.288 e. The number of nitro benzene ring substituents is 1. The van der Waals surface area contributed by atoms with Crippen molar-refractivity contribution in [3.63, 3.8) is 0 Å². The number of halogens is 1. The van der Waals surface area contributed by atoms with Crippen LogP contribution in [0.5, 0.6) is 0 Å². The highest BCUT2D eigenvalue weighted by Crippen LogP contribution is 2.27. The van der Waals surface area contributed by atoms with Crippen LogP contribution in [0, 0.1) is 15.3 Å². The molecular weight excluding hydrogens is 320 g/mol. The molecule has 7 nitrogen and oxygen atoms in total. The summed E-state index contributed by atoms with van der Waals surface area (Å²) >= 11 is 5.69. The van der Waals surface area contributed by atoms with Crippen molar-refractivity contribution in [3.8, 4) is 0 Å². The van der Waals surface area contributed by atoms with Crippen LogP contribution in [0.25, 0.3) is 0 Å². The van der Waals surface area contributed by atoms with Gasteiger partial charge < -0.3 is 5.21 Å². The molecule has 1 unspecified atom stereocenters. The summed E-state index contributed by atoms with van der Waals surface area (Å²) in [5.74, 6) is 0. The fourth-order valence-corrected chi connectivity index (χ4v) is 2.66. The predicted molar refractivity (Wildman–Crippen MR) is 77.6 cm³/mol. The van der Waals surface area contributed by atoms with Crippen LogP contribution < -0.4 is 0 Å². The van der Waals surface area contributed by atoms with Gasteiger partial charge in [-0.1, -0.05) is 17.7 Å². The smallest absolute Gasteiger partial charge is 0.288 e. The van der Waals surface area contributed by atoms with E-state index in [-0.39, 0.29) is 22.2 Å². The molecule has 110 valence electrons. The predicted octanol–water partition coefficient (Wildman–Crippen LogP) is 2.16. The van der Waals surface area contributed by atoms with Crippen molar-refractivity contribution >= 4 is 32.6 Å². The van der Waals surface area contributed by atoms with E-state index in [4.69, 9.17) is 11.6 Å². The topological polar surface area (TPSA) is 100 Å². The Hall–Kier alpha value is -2.00. The number of nitro groups is 1. The number of nitrogens with zero attached hydrogens (tertiary/aromatic N) is 2. The molecule has 0 bridgehead atoms. The highest BCUT2D eigenvalue weighted by Gasteiger charge is 2.26. The minimum atomic E-state index is -2.69. The average molecular weight is 329 g/mol. The third kappa shape index (κ3) is 3.19. The van der Waals surface area contributed by atoms with Gasteiger partial charge in [0.25, 0.3) is 21.0 Å². The molecule has 0 saturated heterocycles. The highest BCUT2D eigenvalue weighted by molar-refractivity contribution is 7.72. The van der Waals surface area contributed by atoms with E-state index in [9.17, 15) is 23.7 Å². The van der Waals surface area contributed by atoms with E-state index in [0.717, 1.165) is 12.3 Å². The SMILES string of the molecule is O=[N+]([O-])c1cc(C[N+]2([O-])C=CC=CC2=S(=O)=O)ccc1Cl. The van der Waals surface area contributed by atoms with E-state index in [2.05, 4.69) is 0 Å². The fraction of sp³-hybridized carbons (Fsp3) is 0.0833. The molecule has 1 aromatic rings. The summed E-state index contributed by atoms with van der Waals surface area (Å²) in [4.78, 5) is 9.80. The van der Waals surface area contributed by atoms with Crippen molar-refractivity contribution in [2.24, 2.45) is 0 Å². The molecule has 0 saturated carbocycles. The van der Waals surface area contributed by atoms with Crippen molar-refractivity contribution in [1.29, 1.82) is 0 Å². The van der Waals surface area contributed by atoms with Crippen LogP contribution >= 0.6 is 11.6 Å². The van der Waals surface area contributed by atoms with Crippen LogP contribution in [0.15, 0.2) is 42.6 Å². The number of hydrogen-bond donors (Lipinski definition) is 0. The highest BCUT2D eigenvalue weighted by atomic mass is 35.5. The van der Waals surface area contributed by atoms with Crippen molar-refractivity contribution < 1.29 is 18.0 Å². The van der Waals surface area contributed by atoms with Gasteiger partial charge in [0, 0.05) is 17.7 Å². The maximum absolute atomic E-state index is 12.6. The molecule has 0 spiro atoms. The van der Waals surface area contributed by atoms with Crippen LogP contribution in [0.4, 0.5) is 5.69 Å². The van der Waals surface area contributed by atoms with E-state index in [0.29, 0.717) is 5.56 Å². The summed E-state index contributed by atoms with van der Waals surface area (Å²) in [6.07, 6.45) is 5.21. The Morgan fingerprint density at radius 3 is 2.62 bits per heavy atom. The van der Waals surface area contributed by atoms with Gasteiger partial charge in [0.05, 0.1) is 4.92 Å². The molecular formula is C12H9ClN2O5S. The quantitative estimate of drug-likeness (QED) is 0.278. The van der Waals surface area contributed by atoms with Crippen LogP contribution in [0.3, 0.4) is 0 Å².